The first-order chi connectivity index (χ1) is 11.9. The van der Waals surface area contributed by atoms with Crippen LogP contribution in [-0.2, 0) is 17.8 Å². The van der Waals surface area contributed by atoms with Gasteiger partial charge in [0.1, 0.15) is 5.75 Å². The highest BCUT2D eigenvalue weighted by atomic mass is 16.8. The summed E-state index contributed by atoms with van der Waals surface area (Å²) in [4.78, 5) is 8.55. The molecular formula is C20H24N2O2. The van der Waals surface area contributed by atoms with E-state index < -0.39 is 0 Å². The average molecular weight is 324 g/mol. The zero-order chi connectivity index (χ0) is 16.2. The van der Waals surface area contributed by atoms with Gasteiger partial charge in [-0.3, -0.25) is 9.74 Å². The molecule has 0 spiro atoms. The number of piperazine rings is 1. The molecule has 4 rings (SSSR count). The summed E-state index contributed by atoms with van der Waals surface area (Å²) in [5.74, 6) is 0.969. The number of hydrogen-bond acceptors (Lipinski definition) is 4. The molecule has 0 radical (unpaired) electrons. The van der Waals surface area contributed by atoms with Crippen molar-refractivity contribution in [1.82, 2.24) is 9.96 Å². The van der Waals surface area contributed by atoms with Gasteiger partial charge in [0, 0.05) is 39.1 Å². The van der Waals surface area contributed by atoms with Crippen LogP contribution in [0.2, 0.25) is 0 Å². The molecule has 4 nitrogen and oxygen atoms in total. The second-order valence-corrected chi connectivity index (χ2v) is 6.49. The van der Waals surface area contributed by atoms with E-state index in [1.807, 2.05) is 12.1 Å². The second-order valence-electron chi connectivity index (χ2n) is 6.49. The summed E-state index contributed by atoms with van der Waals surface area (Å²) in [5.41, 5.74) is 2.66. The third-order valence-corrected chi connectivity index (χ3v) is 4.73. The van der Waals surface area contributed by atoms with Crippen molar-refractivity contribution in [3.8, 4) is 5.75 Å². The molecule has 0 aromatic heterocycles. The van der Waals surface area contributed by atoms with E-state index >= 15 is 0 Å². The molecule has 1 atom stereocenters. The largest absolute Gasteiger partial charge is 0.463 e. The van der Waals surface area contributed by atoms with Crippen molar-refractivity contribution in [2.75, 3.05) is 26.2 Å². The van der Waals surface area contributed by atoms with Crippen LogP contribution in [0, 0.1) is 0 Å². The number of aryl methyl sites for hydroxylation is 1. The molecule has 1 fully saturated rings. The summed E-state index contributed by atoms with van der Waals surface area (Å²) in [5, 5.41) is 2.07. The lowest BCUT2D eigenvalue weighted by Gasteiger charge is -2.36. The minimum Gasteiger partial charge on any atom is -0.463 e. The van der Waals surface area contributed by atoms with Gasteiger partial charge in [0.25, 0.3) is 0 Å². The number of nitrogens with zero attached hydrogens (tertiary/aromatic N) is 2. The minimum absolute atomic E-state index is 0.152. The van der Waals surface area contributed by atoms with Crippen molar-refractivity contribution >= 4 is 0 Å². The maximum absolute atomic E-state index is 6.07. The molecule has 0 N–H and O–H groups in total. The summed E-state index contributed by atoms with van der Waals surface area (Å²) >= 11 is 0. The number of para-hydroxylation sites is 1. The first-order valence-corrected chi connectivity index (χ1v) is 8.79. The molecule has 0 amide bonds. The van der Waals surface area contributed by atoms with Crippen molar-refractivity contribution in [2.24, 2.45) is 0 Å². The highest BCUT2D eigenvalue weighted by molar-refractivity contribution is 5.34. The van der Waals surface area contributed by atoms with Crippen LogP contribution in [0.25, 0.3) is 0 Å². The van der Waals surface area contributed by atoms with Crippen LogP contribution in [0.1, 0.15) is 17.5 Å². The Bertz CT molecular complexity index is 654. The lowest BCUT2D eigenvalue weighted by atomic mass is 10.1. The molecule has 4 heteroatoms. The van der Waals surface area contributed by atoms with Gasteiger partial charge in [-0.25, -0.2) is 0 Å². The molecular weight excluding hydrogens is 300 g/mol. The molecule has 24 heavy (non-hydrogen) atoms. The first kappa shape index (κ1) is 15.6. The molecule has 0 bridgehead atoms. The summed E-state index contributed by atoms with van der Waals surface area (Å²) in [7, 11) is 0. The Morgan fingerprint density at radius 3 is 2.50 bits per heavy atom. The standard InChI is InChI=1S/C20H24N2O2/c1-2-6-17(7-3-1)16-21-12-14-22(15-13-21)24-20-11-10-18-8-4-5-9-19(18)23-20/h1-9,20H,10-16H2. The van der Waals surface area contributed by atoms with Crippen molar-refractivity contribution in [3.63, 3.8) is 0 Å². The van der Waals surface area contributed by atoms with E-state index in [2.05, 4.69) is 52.4 Å². The van der Waals surface area contributed by atoms with E-state index in [-0.39, 0.29) is 6.29 Å². The Morgan fingerprint density at radius 1 is 0.917 bits per heavy atom. The smallest absolute Gasteiger partial charge is 0.218 e. The zero-order valence-corrected chi connectivity index (χ0v) is 13.9. The Kier molecular flexibility index (Phi) is 4.78. The van der Waals surface area contributed by atoms with Crippen molar-refractivity contribution < 1.29 is 9.57 Å². The van der Waals surface area contributed by atoms with E-state index in [0.717, 1.165) is 51.3 Å². The number of fused-ring (bicyclic) bond motifs is 1. The summed E-state index contributed by atoms with van der Waals surface area (Å²) in [6, 6.07) is 18.9. The molecule has 1 unspecified atom stereocenters. The van der Waals surface area contributed by atoms with Gasteiger partial charge in [-0.2, -0.15) is 5.06 Å². The van der Waals surface area contributed by atoms with Gasteiger partial charge < -0.3 is 4.74 Å². The third-order valence-electron chi connectivity index (χ3n) is 4.73. The van der Waals surface area contributed by atoms with Crippen molar-refractivity contribution in [3.05, 3.63) is 65.7 Å². The van der Waals surface area contributed by atoms with E-state index in [0.29, 0.717) is 0 Å². The number of ether oxygens (including phenoxy) is 1. The molecule has 126 valence electrons. The quantitative estimate of drug-likeness (QED) is 0.863. The Balaban J connectivity index is 1.25. The molecule has 2 aromatic carbocycles. The van der Waals surface area contributed by atoms with E-state index in [1.54, 1.807) is 0 Å². The lowest BCUT2D eigenvalue weighted by Crippen LogP contribution is -2.48. The Hall–Kier alpha value is -1.88. The number of hydrogen-bond donors (Lipinski definition) is 0. The third kappa shape index (κ3) is 3.78. The van der Waals surface area contributed by atoms with Crippen LogP contribution in [-0.4, -0.2) is 42.4 Å². The Labute approximate surface area is 143 Å². The molecule has 0 aliphatic carbocycles. The van der Waals surface area contributed by atoms with Gasteiger partial charge in [-0.05, 0) is 23.6 Å². The molecule has 2 heterocycles. The van der Waals surface area contributed by atoms with E-state index in [9.17, 15) is 0 Å². The van der Waals surface area contributed by atoms with Crippen LogP contribution < -0.4 is 4.74 Å². The maximum Gasteiger partial charge on any atom is 0.218 e. The number of rotatable bonds is 4. The van der Waals surface area contributed by atoms with Crippen LogP contribution in [0.4, 0.5) is 0 Å². The molecule has 2 aliphatic rings. The van der Waals surface area contributed by atoms with Crippen molar-refractivity contribution in [2.45, 2.75) is 25.7 Å². The SMILES string of the molecule is c1ccc(CN2CCN(OC3CCc4ccccc4O3)CC2)cc1. The van der Waals surface area contributed by atoms with Crippen molar-refractivity contribution in [1.29, 1.82) is 0 Å². The maximum atomic E-state index is 6.07. The molecule has 2 aliphatic heterocycles. The first-order valence-electron chi connectivity index (χ1n) is 8.79. The summed E-state index contributed by atoms with van der Waals surface area (Å²) in [6.07, 6.45) is 1.79. The topological polar surface area (TPSA) is 24.9 Å². The Morgan fingerprint density at radius 2 is 1.67 bits per heavy atom. The highest BCUT2D eigenvalue weighted by Gasteiger charge is 2.25. The van der Waals surface area contributed by atoms with Gasteiger partial charge in [0.05, 0.1) is 0 Å². The fraction of sp³-hybridized carbons (Fsp3) is 0.400. The van der Waals surface area contributed by atoms with Gasteiger partial charge >= 0.3 is 0 Å². The minimum atomic E-state index is -0.152. The monoisotopic (exact) mass is 324 g/mol. The predicted octanol–water partition coefficient (Wildman–Crippen LogP) is 3.09. The van der Waals surface area contributed by atoms with Gasteiger partial charge in [0.2, 0.25) is 6.29 Å². The fourth-order valence-electron chi connectivity index (χ4n) is 3.37. The number of benzene rings is 2. The van der Waals surface area contributed by atoms with E-state index in [4.69, 9.17) is 9.57 Å². The molecule has 1 saturated heterocycles. The van der Waals surface area contributed by atoms with Crippen LogP contribution >= 0.6 is 0 Å². The van der Waals surface area contributed by atoms with Gasteiger partial charge in [0.15, 0.2) is 0 Å². The zero-order valence-electron chi connectivity index (χ0n) is 13.9. The summed E-state index contributed by atoms with van der Waals surface area (Å²) < 4.78 is 5.98. The van der Waals surface area contributed by atoms with Gasteiger partial charge in [-0.1, -0.05) is 48.5 Å². The lowest BCUT2D eigenvalue weighted by molar-refractivity contribution is -0.267. The molecule has 2 aromatic rings. The van der Waals surface area contributed by atoms with Crippen LogP contribution in [0.15, 0.2) is 54.6 Å². The van der Waals surface area contributed by atoms with Crippen LogP contribution in [0.3, 0.4) is 0 Å². The normalized spacial score (nSPS) is 21.9. The van der Waals surface area contributed by atoms with Gasteiger partial charge in [-0.15, -0.1) is 0 Å². The molecule has 0 saturated carbocycles. The van der Waals surface area contributed by atoms with E-state index in [1.165, 1.54) is 11.1 Å². The second kappa shape index (κ2) is 7.34. The highest BCUT2D eigenvalue weighted by Crippen LogP contribution is 2.28. The average Bonchev–Trinajstić information content (AvgIpc) is 2.64. The fourth-order valence-corrected chi connectivity index (χ4v) is 3.37. The number of hydroxylamine groups is 2. The summed E-state index contributed by atoms with van der Waals surface area (Å²) in [6.45, 7) is 4.92. The van der Waals surface area contributed by atoms with Crippen LogP contribution in [0.5, 0.6) is 5.75 Å². The predicted molar refractivity (Wildman–Crippen MR) is 93.6 cm³/mol.